The number of carbonyl (C=O) groups is 1. The number of sulfonamides is 1. The van der Waals surface area contributed by atoms with Gasteiger partial charge in [-0.2, -0.15) is 0 Å². The fraction of sp³-hybridized carbons (Fsp3) is 0.667. The van der Waals surface area contributed by atoms with Crippen molar-refractivity contribution in [3.05, 3.63) is 17.5 Å². The van der Waals surface area contributed by atoms with Gasteiger partial charge in [-0.3, -0.25) is 4.79 Å². The highest BCUT2D eigenvalue weighted by atomic mass is 32.2. The second-order valence-corrected chi connectivity index (χ2v) is 9.14. The van der Waals surface area contributed by atoms with Gasteiger partial charge in [0.2, 0.25) is 5.91 Å². The molecule has 23 heavy (non-hydrogen) atoms. The molecule has 6 nitrogen and oxygen atoms in total. The Morgan fingerprint density at radius 3 is 2.61 bits per heavy atom. The Kier molecular flexibility index (Phi) is 6.19. The summed E-state index contributed by atoms with van der Waals surface area (Å²) in [6.45, 7) is 5.45. The lowest BCUT2D eigenvalue weighted by Crippen LogP contribution is -2.48. The van der Waals surface area contributed by atoms with Gasteiger partial charge in [0.1, 0.15) is 4.21 Å². The molecule has 2 heterocycles. The SMILES string of the molecule is CC1CN(C(=O)CCCN(C)S(=O)(=O)c2cccs2)CC(C)O1. The molecule has 1 aromatic rings. The van der Waals surface area contributed by atoms with E-state index in [1.165, 1.54) is 15.6 Å². The van der Waals surface area contributed by atoms with E-state index in [0.717, 1.165) is 0 Å². The van der Waals surface area contributed by atoms with Gasteiger partial charge in [0.25, 0.3) is 10.0 Å². The van der Waals surface area contributed by atoms with Crippen LogP contribution in [0.1, 0.15) is 26.7 Å². The Balaban J connectivity index is 1.81. The van der Waals surface area contributed by atoms with Crippen molar-refractivity contribution in [2.75, 3.05) is 26.7 Å². The van der Waals surface area contributed by atoms with E-state index in [2.05, 4.69) is 0 Å². The fourth-order valence-electron chi connectivity index (χ4n) is 2.68. The summed E-state index contributed by atoms with van der Waals surface area (Å²) < 4.78 is 31.8. The molecule has 1 saturated heterocycles. The van der Waals surface area contributed by atoms with E-state index in [1.54, 1.807) is 24.6 Å². The van der Waals surface area contributed by atoms with Crippen molar-refractivity contribution >= 4 is 27.3 Å². The molecule has 1 amide bonds. The first-order valence-corrected chi connectivity index (χ1v) is 10.1. The summed E-state index contributed by atoms with van der Waals surface area (Å²) in [5.74, 6) is 0.0638. The van der Waals surface area contributed by atoms with Gasteiger partial charge in [0.15, 0.2) is 0 Å². The number of carbonyl (C=O) groups excluding carboxylic acids is 1. The maximum atomic E-state index is 12.3. The van der Waals surface area contributed by atoms with Crippen molar-refractivity contribution in [3.63, 3.8) is 0 Å². The number of amides is 1. The molecule has 2 unspecified atom stereocenters. The summed E-state index contributed by atoms with van der Waals surface area (Å²) in [5.41, 5.74) is 0. The molecule has 1 aliphatic heterocycles. The molecule has 130 valence electrons. The van der Waals surface area contributed by atoms with Crippen LogP contribution in [0, 0.1) is 0 Å². The molecular weight excluding hydrogens is 336 g/mol. The van der Waals surface area contributed by atoms with Crippen LogP contribution in [0.25, 0.3) is 0 Å². The van der Waals surface area contributed by atoms with Crippen LogP contribution < -0.4 is 0 Å². The highest BCUT2D eigenvalue weighted by Crippen LogP contribution is 2.20. The Bertz CT molecular complexity index is 605. The summed E-state index contributed by atoms with van der Waals surface area (Å²) in [7, 11) is -1.88. The monoisotopic (exact) mass is 360 g/mol. The molecule has 2 rings (SSSR count). The highest BCUT2D eigenvalue weighted by Gasteiger charge is 2.26. The van der Waals surface area contributed by atoms with Crippen LogP contribution in [0.3, 0.4) is 0 Å². The van der Waals surface area contributed by atoms with E-state index in [-0.39, 0.29) is 18.1 Å². The maximum absolute atomic E-state index is 12.3. The largest absolute Gasteiger partial charge is 0.372 e. The Labute approximate surface area is 142 Å². The van der Waals surface area contributed by atoms with Gasteiger partial charge in [-0.25, -0.2) is 12.7 Å². The zero-order valence-corrected chi connectivity index (χ0v) is 15.4. The summed E-state index contributed by atoms with van der Waals surface area (Å²) in [5, 5.41) is 1.74. The topological polar surface area (TPSA) is 66.9 Å². The van der Waals surface area contributed by atoms with Gasteiger partial charge in [-0.05, 0) is 31.7 Å². The van der Waals surface area contributed by atoms with Crippen LogP contribution in [0.15, 0.2) is 21.7 Å². The predicted molar refractivity (Wildman–Crippen MR) is 90.0 cm³/mol. The van der Waals surface area contributed by atoms with Crippen LogP contribution in [-0.4, -0.2) is 62.4 Å². The lowest BCUT2D eigenvalue weighted by Gasteiger charge is -2.35. The Hall–Kier alpha value is -0.960. The van der Waals surface area contributed by atoms with E-state index < -0.39 is 10.0 Å². The standard InChI is InChI=1S/C15H24N2O4S2/c1-12-10-17(11-13(2)21-12)14(18)6-4-8-16(3)23(19,20)15-7-5-9-22-15/h5,7,9,12-13H,4,6,8,10-11H2,1-3H3. The first kappa shape index (κ1) is 18.4. The molecule has 0 bridgehead atoms. The minimum Gasteiger partial charge on any atom is -0.372 e. The van der Waals surface area contributed by atoms with Crippen LogP contribution in [-0.2, 0) is 19.6 Å². The first-order valence-electron chi connectivity index (χ1n) is 7.73. The fourth-order valence-corrected chi connectivity index (χ4v) is 5.09. The number of morpholine rings is 1. The third-order valence-corrected chi connectivity index (χ3v) is 7.03. The van der Waals surface area contributed by atoms with Crippen molar-refractivity contribution in [2.24, 2.45) is 0 Å². The van der Waals surface area contributed by atoms with E-state index in [1.807, 2.05) is 18.7 Å². The third-order valence-electron chi connectivity index (χ3n) is 3.80. The number of hydrogen-bond donors (Lipinski definition) is 0. The molecule has 0 aromatic carbocycles. The summed E-state index contributed by atoms with van der Waals surface area (Å²) in [4.78, 5) is 14.1. The maximum Gasteiger partial charge on any atom is 0.252 e. The van der Waals surface area contributed by atoms with Crippen molar-refractivity contribution in [2.45, 2.75) is 43.1 Å². The summed E-state index contributed by atoms with van der Waals surface area (Å²) in [6, 6.07) is 3.31. The molecule has 0 N–H and O–H groups in total. The average Bonchev–Trinajstić information content (AvgIpc) is 3.00. The normalized spacial score (nSPS) is 22.5. The van der Waals surface area contributed by atoms with Crippen LogP contribution in [0.2, 0.25) is 0 Å². The van der Waals surface area contributed by atoms with Gasteiger partial charge in [0.05, 0.1) is 12.2 Å². The van der Waals surface area contributed by atoms with Gasteiger partial charge in [0, 0.05) is 33.1 Å². The van der Waals surface area contributed by atoms with E-state index in [0.29, 0.717) is 36.7 Å². The lowest BCUT2D eigenvalue weighted by molar-refractivity contribution is -0.143. The van der Waals surface area contributed by atoms with Gasteiger partial charge >= 0.3 is 0 Å². The van der Waals surface area contributed by atoms with Crippen LogP contribution in [0.4, 0.5) is 0 Å². The molecule has 8 heteroatoms. The second kappa shape index (κ2) is 7.74. The molecule has 0 radical (unpaired) electrons. The molecule has 1 aromatic heterocycles. The number of nitrogens with zero attached hydrogens (tertiary/aromatic N) is 2. The first-order chi connectivity index (χ1) is 10.8. The average molecular weight is 361 g/mol. The molecule has 0 saturated carbocycles. The van der Waals surface area contributed by atoms with E-state index in [4.69, 9.17) is 4.74 Å². The van der Waals surface area contributed by atoms with Crippen LogP contribution >= 0.6 is 11.3 Å². The molecule has 0 spiro atoms. The van der Waals surface area contributed by atoms with E-state index in [9.17, 15) is 13.2 Å². The number of hydrogen-bond acceptors (Lipinski definition) is 5. The highest BCUT2D eigenvalue weighted by molar-refractivity contribution is 7.91. The number of thiophene rings is 1. The van der Waals surface area contributed by atoms with Gasteiger partial charge < -0.3 is 9.64 Å². The smallest absolute Gasteiger partial charge is 0.252 e. The Morgan fingerprint density at radius 2 is 2.04 bits per heavy atom. The molecule has 2 atom stereocenters. The minimum absolute atomic E-state index is 0.0459. The van der Waals surface area contributed by atoms with Crippen LogP contribution in [0.5, 0.6) is 0 Å². The molecule has 0 aliphatic carbocycles. The summed E-state index contributed by atoms with van der Waals surface area (Å²) >= 11 is 1.20. The van der Waals surface area contributed by atoms with Crippen molar-refractivity contribution in [1.29, 1.82) is 0 Å². The minimum atomic E-state index is -3.43. The van der Waals surface area contributed by atoms with Gasteiger partial charge in [-0.1, -0.05) is 6.07 Å². The van der Waals surface area contributed by atoms with Crippen molar-refractivity contribution in [1.82, 2.24) is 9.21 Å². The molecular formula is C15H24N2O4S2. The molecule has 1 aliphatic rings. The third kappa shape index (κ3) is 4.76. The Morgan fingerprint density at radius 1 is 1.39 bits per heavy atom. The zero-order valence-electron chi connectivity index (χ0n) is 13.8. The number of rotatable bonds is 6. The van der Waals surface area contributed by atoms with Gasteiger partial charge in [-0.15, -0.1) is 11.3 Å². The summed E-state index contributed by atoms with van der Waals surface area (Å²) in [6.07, 6.45) is 0.957. The predicted octanol–water partition coefficient (Wildman–Crippen LogP) is 1.78. The van der Waals surface area contributed by atoms with Crippen molar-refractivity contribution < 1.29 is 17.9 Å². The zero-order chi connectivity index (χ0) is 17.0. The quantitative estimate of drug-likeness (QED) is 0.776. The van der Waals surface area contributed by atoms with Crippen molar-refractivity contribution in [3.8, 4) is 0 Å². The molecule has 1 fully saturated rings. The lowest BCUT2D eigenvalue weighted by atomic mass is 10.2. The number of ether oxygens (including phenoxy) is 1. The second-order valence-electron chi connectivity index (χ2n) is 5.92. The van der Waals surface area contributed by atoms with E-state index >= 15 is 0 Å².